The third kappa shape index (κ3) is 2.77. The molecule has 0 amide bonds. The molecule has 0 radical (unpaired) electrons. The highest BCUT2D eigenvalue weighted by molar-refractivity contribution is 5.50. The molecule has 2 aliphatic rings. The van der Waals surface area contributed by atoms with E-state index in [1.165, 1.54) is 31.2 Å². The van der Waals surface area contributed by atoms with Gasteiger partial charge in [-0.25, -0.2) is 0 Å². The van der Waals surface area contributed by atoms with Gasteiger partial charge in [0.1, 0.15) is 17.1 Å². The number of phenols is 1. The molecule has 116 valence electrons. The first-order valence-electron chi connectivity index (χ1n) is 8.43. The zero-order valence-electron chi connectivity index (χ0n) is 13.8. The molecule has 2 heteroatoms. The van der Waals surface area contributed by atoms with Crippen LogP contribution in [0.4, 0.5) is 0 Å². The third-order valence-electron chi connectivity index (χ3n) is 5.26. The molecule has 2 nitrogen and oxygen atoms in total. The molecular weight excluding hydrogens is 260 g/mol. The van der Waals surface area contributed by atoms with Gasteiger partial charge in [-0.15, -0.1) is 0 Å². The first kappa shape index (κ1) is 14.7. The lowest BCUT2D eigenvalue weighted by Gasteiger charge is -2.40. The molecule has 1 atom stereocenters. The molecule has 0 aromatic heterocycles. The summed E-state index contributed by atoms with van der Waals surface area (Å²) in [7, 11) is 0. The summed E-state index contributed by atoms with van der Waals surface area (Å²) in [5, 5.41) is 10.5. The number of rotatable bonds is 2. The Morgan fingerprint density at radius 3 is 2.43 bits per heavy atom. The van der Waals surface area contributed by atoms with Gasteiger partial charge in [-0.05, 0) is 63.0 Å². The van der Waals surface area contributed by atoms with Gasteiger partial charge in [-0.2, -0.15) is 0 Å². The van der Waals surface area contributed by atoms with E-state index in [0.29, 0.717) is 23.5 Å². The number of ether oxygens (including phenoxy) is 1. The smallest absolute Gasteiger partial charge is 0.124 e. The molecule has 1 fully saturated rings. The summed E-state index contributed by atoms with van der Waals surface area (Å²) >= 11 is 0. The minimum Gasteiger partial charge on any atom is -0.508 e. The summed E-state index contributed by atoms with van der Waals surface area (Å²) in [6, 6.07) is 4.12. The normalized spacial score (nSPS) is 24.9. The van der Waals surface area contributed by atoms with Crippen molar-refractivity contribution in [3.63, 3.8) is 0 Å². The van der Waals surface area contributed by atoms with Crippen LogP contribution in [0.3, 0.4) is 0 Å². The van der Waals surface area contributed by atoms with Gasteiger partial charge in [0, 0.05) is 11.1 Å². The molecule has 1 unspecified atom stereocenters. The monoisotopic (exact) mass is 288 g/mol. The third-order valence-corrected chi connectivity index (χ3v) is 5.26. The van der Waals surface area contributed by atoms with Crippen LogP contribution < -0.4 is 4.74 Å². The van der Waals surface area contributed by atoms with E-state index in [1.807, 2.05) is 6.07 Å². The summed E-state index contributed by atoms with van der Waals surface area (Å²) in [6.07, 6.45) is 5.97. The number of hydrogen-bond donors (Lipinski definition) is 1. The van der Waals surface area contributed by atoms with Crippen LogP contribution >= 0.6 is 0 Å². The Bertz CT molecular complexity index is 525. The van der Waals surface area contributed by atoms with Crippen molar-refractivity contribution in [2.75, 3.05) is 0 Å². The predicted octanol–water partition coefficient (Wildman–Crippen LogP) is 5.35. The van der Waals surface area contributed by atoms with Crippen LogP contribution in [-0.2, 0) is 0 Å². The minimum atomic E-state index is -0.119. The van der Waals surface area contributed by atoms with Crippen LogP contribution in [0.15, 0.2) is 12.1 Å². The van der Waals surface area contributed by atoms with Crippen molar-refractivity contribution in [1.82, 2.24) is 0 Å². The highest BCUT2D eigenvalue weighted by atomic mass is 16.5. The number of benzene rings is 1. The molecule has 1 aromatic carbocycles. The lowest BCUT2D eigenvalue weighted by Crippen LogP contribution is -2.36. The SMILES string of the molecule is CC(C)C1CC(C)(C)Oc2cc(C3CCCC3)c(O)cc21. The lowest BCUT2D eigenvalue weighted by molar-refractivity contribution is 0.0636. The molecule has 3 rings (SSSR count). The fourth-order valence-electron chi connectivity index (χ4n) is 4.12. The van der Waals surface area contributed by atoms with Crippen LogP contribution in [0, 0.1) is 5.92 Å². The molecule has 1 N–H and O–H groups in total. The maximum atomic E-state index is 10.5. The molecule has 1 heterocycles. The van der Waals surface area contributed by atoms with Gasteiger partial charge in [0.05, 0.1) is 0 Å². The largest absolute Gasteiger partial charge is 0.508 e. The van der Waals surface area contributed by atoms with E-state index < -0.39 is 0 Å². The topological polar surface area (TPSA) is 29.5 Å². The van der Waals surface area contributed by atoms with Gasteiger partial charge < -0.3 is 9.84 Å². The van der Waals surface area contributed by atoms with Crippen LogP contribution in [0.5, 0.6) is 11.5 Å². The predicted molar refractivity (Wildman–Crippen MR) is 86.2 cm³/mol. The van der Waals surface area contributed by atoms with E-state index in [4.69, 9.17) is 4.74 Å². The molecule has 21 heavy (non-hydrogen) atoms. The molecule has 0 bridgehead atoms. The van der Waals surface area contributed by atoms with E-state index >= 15 is 0 Å². The van der Waals surface area contributed by atoms with Crippen molar-refractivity contribution in [2.45, 2.75) is 77.2 Å². The van der Waals surface area contributed by atoms with Crippen LogP contribution in [0.1, 0.15) is 82.8 Å². The van der Waals surface area contributed by atoms with E-state index in [9.17, 15) is 5.11 Å². The van der Waals surface area contributed by atoms with Crippen molar-refractivity contribution in [3.05, 3.63) is 23.3 Å². The van der Waals surface area contributed by atoms with Gasteiger partial charge in [-0.3, -0.25) is 0 Å². The van der Waals surface area contributed by atoms with Gasteiger partial charge in [0.25, 0.3) is 0 Å². The van der Waals surface area contributed by atoms with Crippen molar-refractivity contribution in [1.29, 1.82) is 0 Å². The zero-order chi connectivity index (χ0) is 15.2. The van der Waals surface area contributed by atoms with Gasteiger partial charge in [0.15, 0.2) is 0 Å². The van der Waals surface area contributed by atoms with Crippen LogP contribution in [0.25, 0.3) is 0 Å². The number of aromatic hydroxyl groups is 1. The van der Waals surface area contributed by atoms with Crippen molar-refractivity contribution < 1.29 is 9.84 Å². The first-order valence-corrected chi connectivity index (χ1v) is 8.43. The van der Waals surface area contributed by atoms with E-state index in [1.54, 1.807) is 0 Å². The molecule has 1 aliphatic carbocycles. The molecule has 0 spiro atoms. The van der Waals surface area contributed by atoms with Crippen LogP contribution in [-0.4, -0.2) is 10.7 Å². The molecule has 1 saturated carbocycles. The number of phenolic OH excluding ortho intramolecular Hbond substituents is 1. The average Bonchev–Trinajstić information content (AvgIpc) is 2.90. The Balaban J connectivity index is 2.04. The first-order chi connectivity index (χ1) is 9.87. The summed E-state index contributed by atoms with van der Waals surface area (Å²) in [6.45, 7) is 8.87. The lowest BCUT2D eigenvalue weighted by atomic mass is 9.77. The highest BCUT2D eigenvalue weighted by Gasteiger charge is 2.36. The molecular formula is C19H28O2. The number of fused-ring (bicyclic) bond motifs is 1. The zero-order valence-corrected chi connectivity index (χ0v) is 13.8. The minimum absolute atomic E-state index is 0.119. The second-order valence-corrected chi connectivity index (χ2v) is 7.85. The fraction of sp³-hybridized carbons (Fsp3) is 0.684. The van der Waals surface area contributed by atoms with E-state index in [0.717, 1.165) is 17.7 Å². The van der Waals surface area contributed by atoms with Crippen molar-refractivity contribution >= 4 is 0 Å². The summed E-state index contributed by atoms with van der Waals surface area (Å²) in [5.74, 6) is 3.02. The molecule has 0 saturated heterocycles. The van der Waals surface area contributed by atoms with Gasteiger partial charge >= 0.3 is 0 Å². The fourth-order valence-corrected chi connectivity index (χ4v) is 4.12. The second kappa shape index (κ2) is 5.23. The maximum absolute atomic E-state index is 10.5. The maximum Gasteiger partial charge on any atom is 0.124 e. The highest BCUT2D eigenvalue weighted by Crippen LogP contribution is 2.49. The van der Waals surface area contributed by atoms with E-state index in [-0.39, 0.29) is 5.60 Å². The Labute approximate surface area is 128 Å². The van der Waals surface area contributed by atoms with Crippen molar-refractivity contribution in [2.24, 2.45) is 5.92 Å². The Hall–Kier alpha value is -1.18. The summed E-state index contributed by atoms with van der Waals surface area (Å²) in [5.41, 5.74) is 2.18. The quantitative estimate of drug-likeness (QED) is 0.794. The standard InChI is InChI=1S/C19H28O2/c1-12(2)16-11-19(3,4)21-18-10-14(13-7-5-6-8-13)17(20)9-15(16)18/h9-10,12-13,16,20H,5-8,11H2,1-4H3. The van der Waals surface area contributed by atoms with Crippen molar-refractivity contribution in [3.8, 4) is 11.5 Å². The number of hydrogen-bond acceptors (Lipinski definition) is 2. The summed E-state index contributed by atoms with van der Waals surface area (Å²) in [4.78, 5) is 0. The molecule has 1 aliphatic heterocycles. The molecule has 1 aromatic rings. The Morgan fingerprint density at radius 2 is 1.81 bits per heavy atom. The van der Waals surface area contributed by atoms with Gasteiger partial charge in [-0.1, -0.05) is 26.7 Å². The Morgan fingerprint density at radius 1 is 1.14 bits per heavy atom. The average molecular weight is 288 g/mol. The van der Waals surface area contributed by atoms with Gasteiger partial charge in [0.2, 0.25) is 0 Å². The summed E-state index contributed by atoms with van der Waals surface area (Å²) < 4.78 is 6.24. The second-order valence-electron chi connectivity index (χ2n) is 7.85. The Kier molecular flexibility index (Phi) is 3.67. The van der Waals surface area contributed by atoms with E-state index in [2.05, 4.69) is 33.8 Å². The van der Waals surface area contributed by atoms with Crippen LogP contribution in [0.2, 0.25) is 0 Å².